The van der Waals surface area contributed by atoms with Crippen LogP contribution in [0.15, 0.2) is 90.3 Å². The second kappa shape index (κ2) is 7.99. The molecule has 1 aliphatic heterocycles. The summed E-state index contributed by atoms with van der Waals surface area (Å²) in [6.45, 7) is 1.77. The summed E-state index contributed by atoms with van der Waals surface area (Å²) in [6.07, 6.45) is 0. The smallest absolute Gasteiger partial charge is 0.341 e. The number of fused-ring (bicyclic) bond motifs is 1. The van der Waals surface area contributed by atoms with Gasteiger partial charge in [0.1, 0.15) is 22.5 Å². The van der Waals surface area contributed by atoms with Crippen LogP contribution in [-0.2, 0) is 14.9 Å². The van der Waals surface area contributed by atoms with Crippen LogP contribution in [0.4, 0.5) is 0 Å². The van der Waals surface area contributed by atoms with Crippen molar-refractivity contribution in [3.63, 3.8) is 0 Å². The molecule has 0 aliphatic carbocycles. The van der Waals surface area contributed by atoms with E-state index in [0.717, 1.165) is 0 Å². The zero-order valence-electron chi connectivity index (χ0n) is 16.9. The summed E-state index contributed by atoms with van der Waals surface area (Å²) in [5.41, 5.74) is 5.83. The summed E-state index contributed by atoms with van der Waals surface area (Å²) >= 11 is 0. The average molecular weight is 415 g/mol. The van der Waals surface area contributed by atoms with Crippen LogP contribution in [-0.4, -0.2) is 23.5 Å². The van der Waals surface area contributed by atoms with Gasteiger partial charge in [0.25, 0.3) is 0 Å². The number of phenols is 1. The third kappa shape index (κ3) is 3.22. The SMILES string of the molecule is CCOC(=O)C1=C(N)Oc2cc(O)ccc2C1(C(=O)c1ccccc1)c1ccccc1. The highest BCUT2D eigenvalue weighted by Gasteiger charge is 2.54. The van der Waals surface area contributed by atoms with Crippen LogP contribution < -0.4 is 10.5 Å². The number of hydrogen-bond donors (Lipinski definition) is 2. The van der Waals surface area contributed by atoms with Gasteiger partial charge in [0.2, 0.25) is 5.88 Å². The number of ketones is 1. The Hall–Kier alpha value is -4.06. The van der Waals surface area contributed by atoms with Crippen molar-refractivity contribution in [2.24, 2.45) is 5.73 Å². The van der Waals surface area contributed by atoms with Crippen LogP contribution in [0.1, 0.15) is 28.4 Å². The van der Waals surface area contributed by atoms with E-state index in [2.05, 4.69) is 0 Å². The van der Waals surface area contributed by atoms with Gasteiger partial charge in [0.05, 0.1) is 6.61 Å². The van der Waals surface area contributed by atoms with Crippen LogP contribution in [0.5, 0.6) is 11.5 Å². The fourth-order valence-corrected chi connectivity index (χ4v) is 4.01. The first-order valence-electron chi connectivity index (χ1n) is 9.84. The molecule has 0 bridgehead atoms. The van der Waals surface area contributed by atoms with Crippen LogP contribution >= 0.6 is 0 Å². The van der Waals surface area contributed by atoms with E-state index in [1.165, 1.54) is 12.1 Å². The number of ether oxygens (including phenoxy) is 2. The van der Waals surface area contributed by atoms with Gasteiger partial charge in [-0.05, 0) is 24.6 Å². The Bertz CT molecular complexity index is 1170. The van der Waals surface area contributed by atoms with E-state index in [1.807, 2.05) is 6.07 Å². The van der Waals surface area contributed by atoms with E-state index in [0.29, 0.717) is 16.7 Å². The summed E-state index contributed by atoms with van der Waals surface area (Å²) in [5, 5.41) is 10.0. The molecule has 6 nitrogen and oxygen atoms in total. The fraction of sp³-hybridized carbons (Fsp3) is 0.120. The fourth-order valence-electron chi connectivity index (χ4n) is 4.01. The first-order chi connectivity index (χ1) is 15.0. The van der Waals surface area contributed by atoms with E-state index in [-0.39, 0.29) is 35.3 Å². The maximum absolute atomic E-state index is 14.2. The Kier molecular flexibility index (Phi) is 5.21. The van der Waals surface area contributed by atoms with Gasteiger partial charge in [0, 0.05) is 17.2 Å². The highest BCUT2D eigenvalue weighted by Crippen LogP contribution is 2.50. The molecular formula is C25H21NO5. The number of nitrogens with two attached hydrogens (primary N) is 1. The molecule has 0 fully saturated rings. The first-order valence-corrected chi connectivity index (χ1v) is 9.84. The van der Waals surface area contributed by atoms with E-state index < -0.39 is 11.4 Å². The van der Waals surface area contributed by atoms with Crippen molar-refractivity contribution in [3.05, 3.63) is 107 Å². The van der Waals surface area contributed by atoms with Crippen LogP contribution in [0.3, 0.4) is 0 Å². The van der Waals surface area contributed by atoms with Gasteiger partial charge < -0.3 is 20.3 Å². The lowest BCUT2D eigenvalue weighted by molar-refractivity contribution is -0.139. The molecule has 1 unspecified atom stereocenters. The van der Waals surface area contributed by atoms with Crippen LogP contribution in [0.25, 0.3) is 0 Å². The van der Waals surface area contributed by atoms with Crippen molar-refractivity contribution in [3.8, 4) is 11.5 Å². The summed E-state index contributed by atoms with van der Waals surface area (Å²) in [4.78, 5) is 27.4. The minimum Gasteiger partial charge on any atom is -0.508 e. The van der Waals surface area contributed by atoms with Crippen LogP contribution in [0.2, 0.25) is 0 Å². The van der Waals surface area contributed by atoms with Crippen molar-refractivity contribution >= 4 is 11.8 Å². The lowest BCUT2D eigenvalue weighted by Gasteiger charge is -2.39. The van der Waals surface area contributed by atoms with Gasteiger partial charge >= 0.3 is 5.97 Å². The number of rotatable bonds is 5. The monoisotopic (exact) mass is 415 g/mol. The molecule has 0 radical (unpaired) electrons. The number of carbonyl (C=O) groups is 2. The number of benzene rings is 3. The molecule has 1 atom stereocenters. The third-order valence-corrected chi connectivity index (χ3v) is 5.27. The van der Waals surface area contributed by atoms with Gasteiger partial charge in [-0.25, -0.2) is 4.79 Å². The first kappa shape index (κ1) is 20.2. The number of phenolic OH excluding ortho intramolecular Hbond substituents is 1. The predicted molar refractivity (Wildman–Crippen MR) is 115 cm³/mol. The third-order valence-electron chi connectivity index (χ3n) is 5.27. The molecule has 4 rings (SSSR count). The zero-order chi connectivity index (χ0) is 22.0. The molecule has 0 saturated heterocycles. The molecule has 0 spiro atoms. The molecule has 3 N–H and O–H groups in total. The number of aromatic hydroxyl groups is 1. The Balaban J connectivity index is 2.13. The number of carbonyl (C=O) groups excluding carboxylic acids is 2. The highest BCUT2D eigenvalue weighted by molar-refractivity contribution is 6.15. The Morgan fingerprint density at radius 2 is 1.65 bits per heavy atom. The van der Waals surface area contributed by atoms with Gasteiger partial charge in [-0.15, -0.1) is 0 Å². The summed E-state index contributed by atoms with van der Waals surface area (Å²) in [6, 6.07) is 22.0. The predicted octanol–water partition coefficient (Wildman–Crippen LogP) is 3.69. The molecule has 0 saturated carbocycles. The summed E-state index contributed by atoms with van der Waals surface area (Å²) in [7, 11) is 0. The van der Waals surface area contributed by atoms with Crippen molar-refractivity contribution in [2.75, 3.05) is 6.61 Å². The second-order valence-corrected chi connectivity index (χ2v) is 7.05. The quantitative estimate of drug-likeness (QED) is 0.487. The molecular weight excluding hydrogens is 394 g/mol. The van der Waals surface area contributed by atoms with Gasteiger partial charge in [-0.3, -0.25) is 4.79 Å². The standard InChI is InChI=1S/C25H21NO5/c1-2-30-24(29)21-23(26)31-20-15-18(27)13-14-19(20)25(21,17-11-7-4-8-12-17)22(28)16-9-5-3-6-10-16/h3-15,27H,2,26H2,1H3. The Morgan fingerprint density at radius 3 is 2.29 bits per heavy atom. The largest absolute Gasteiger partial charge is 0.508 e. The Labute approximate surface area is 179 Å². The molecule has 156 valence electrons. The molecule has 1 heterocycles. The van der Waals surface area contributed by atoms with Crippen molar-refractivity contribution in [1.82, 2.24) is 0 Å². The maximum atomic E-state index is 14.2. The zero-order valence-corrected chi connectivity index (χ0v) is 16.9. The molecule has 1 aliphatic rings. The molecule has 3 aromatic rings. The minimum absolute atomic E-state index is 0.0553. The molecule has 31 heavy (non-hydrogen) atoms. The van der Waals surface area contributed by atoms with Crippen molar-refractivity contribution < 1.29 is 24.2 Å². The van der Waals surface area contributed by atoms with E-state index in [4.69, 9.17) is 15.2 Å². The number of esters is 1. The maximum Gasteiger partial charge on any atom is 0.341 e. The molecule has 6 heteroatoms. The summed E-state index contributed by atoms with van der Waals surface area (Å²) < 4.78 is 11.0. The molecule has 0 amide bonds. The normalized spacial score (nSPS) is 17.5. The second-order valence-electron chi connectivity index (χ2n) is 7.05. The van der Waals surface area contributed by atoms with E-state index in [1.54, 1.807) is 67.6 Å². The highest BCUT2D eigenvalue weighted by atomic mass is 16.5. The van der Waals surface area contributed by atoms with Gasteiger partial charge in [-0.1, -0.05) is 60.7 Å². The van der Waals surface area contributed by atoms with E-state index >= 15 is 0 Å². The van der Waals surface area contributed by atoms with Crippen LogP contribution in [0, 0.1) is 0 Å². The number of Topliss-reactive ketones (excluding diaryl/α,β-unsaturated/α-hetero) is 1. The van der Waals surface area contributed by atoms with E-state index in [9.17, 15) is 14.7 Å². The average Bonchev–Trinajstić information content (AvgIpc) is 2.78. The lowest BCUT2D eigenvalue weighted by atomic mass is 9.63. The lowest BCUT2D eigenvalue weighted by Crippen LogP contribution is -2.47. The summed E-state index contributed by atoms with van der Waals surface area (Å²) in [5.74, 6) is -1.21. The topological polar surface area (TPSA) is 98.8 Å². The molecule has 0 aromatic heterocycles. The van der Waals surface area contributed by atoms with Crippen molar-refractivity contribution in [2.45, 2.75) is 12.3 Å². The number of hydrogen-bond acceptors (Lipinski definition) is 6. The minimum atomic E-state index is -1.62. The molecule has 3 aromatic carbocycles. The van der Waals surface area contributed by atoms with Gasteiger partial charge in [0.15, 0.2) is 5.78 Å². The van der Waals surface area contributed by atoms with Crippen molar-refractivity contribution in [1.29, 1.82) is 0 Å². The Morgan fingerprint density at radius 1 is 1.00 bits per heavy atom. The van der Waals surface area contributed by atoms with Gasteiger partial charge in [-0.2, -0.15) is 0 Å².